The second-order valence-electron chi connectivity index (χ2n) is 7.18. The number of nitrogens with one attached hydrogen (secondary N) is 1. The molecule has 0 aliphatic heterocycles. The van der Waals surface area contributed by atoms with Crippen molar-refractivity contribution in [2.75, 3.05) is 5.32 Å². The molecule has 156 valence electrons. The number of carbonyl (C=O) groups excluding carboxylic acids is 1. The van der Waals surface area contributed by atoms with Crippen LogP contribution in [0.4, 0.5) is 10.5 Å². The van der Waals surface area contributed by atoms with Crippen LogP contribution < -0.4 is 5.32 Å². The van der Waals surface area contributed by atoms with Crippen molar-refractivity contribution in [3.05, 3.63) is 90.1 Å². The van der Waals surface area contributed by atoms with Gasteiger partial charge in [-0.1, -0.05) is 71.9 Å². The number of phenols is 1. The molecule has 2 N–H and O–H groups in total. The summed E-state index contributed by atoms with van der Waals surface area (Å²) >= 11 is 0. The van der Waals surface area contributed by atoms with E-state index in [9.17, 15) is 9.90 Å². The molecule has 3 aromatic carbocycles. The number of rotatable bonds is 5. The van der Waals surface area contributed by atoms with E-state index in [1.54, 1.807) is 38.1 Å². The van der Waals surface area contributed by atoms with Crippen molar-refractivity contribution in [1.82, 2.24) is 5.16 Å². The first-order valence-electron chi connectivity index (χ1n) is 9.90. The van der Waals surface area contributed by atoms with Gasteiger partial charge < -0.3 is 14.4 Å². The van der Waals surface area contributed by atoms with Gasteiger partial charge in [0.25, 0.3) is 0 Å². The Labute approximate surface area is 180 Å². The number of phenolic OH excluding ortho intramolecular Hbond substituents is 1. The molecule has 6 nitrogen and oxygen atoms in total. The van der Waals surface area contributed by atoms with E-state index in [0.29, 0.717) is 22.7 Å². The molecule has 31 heavy (non-hydrogen) atoms. The molecule has 0 fully saturated rings. The number of benzene rings is 3. The maximum absolute atomic E-state index is 12.5. The van der Waals surface area contributed by atoms with E-state index in [1.165, 1.54) is 0 Å². The number of aromatic nitrogens is 1. The van der Waals surface area contributed by atoms with E-state index in [0.717, 1.165) is 16.7 Å². The van der Waals surface area contributed by atoms with Crippen LogP contribution in [0.3, 0.4) is 0 Å². The van der Waals surface area contributed by atoms with Crippen molar-refractivity contribution >= 4 is 11.8 Å². The van der Waals surface area contributed by atoms with E-state index in [-0.39, 0.29) is 5.75 Å². The Morgan fingerprint density at radius 2 is 1.65 bits per heavy atom. The fraction of sp³-hybridized carbons (Fsp3) is 0.120. The first-order valence-corrected chi connectivity index (χ1v) is 9.90. The predicted molar refractivity (Wildman–Crippen MR) is 119 cm³/mol. The van der Waals surface area contributed by atoms with Gasteiger partial charge in [-0.2, -0.15) is 0 Å². The molecule has 1 unspecified atom stereocenters. The quantitative estimate of drug-likeness (QED) is 0.398. The normalized spacial score (nSPS) is 11.7. The molecule has 0 saturated heterocycles. The smallest absolute Gasteiger partial charge is 0.412 e. The van der Waals surface area contributed by atoms with Crippen LogP contribution in [0.2, 0.25) is 0 Å². The van der Waals surface area contributed by atoms with Gasteiger partial charge >= 0.3 is 6.09 Å². The number of hydrogen-bond donors (Lipinski definition) is 2. The highest BCUT2D eigenvalue weighted by molar-refractivity contribution is 5.91. The zero-order chi connectivity index (χ0) is 21.8. The Morgan fingerprint density at radius 1 is 0.968 bits per heavy atom. The minimum absolute atomic E-state index is 0.115. The molecule has 1 aromatic heterocycles. The number of anilines is 1. The third-order valence-corrected chi connectivity index (χ3v) is 4.97. The molecule has 4 aromatic rings. The van der Waals surface area contributed by atoms with Crippen molar-refractivity contribution in [2.45, 2.75) is 20.0 Å². The standard InChI is InChI=1S/C25H22N2O4/c1-16-23(26-25(29)30-17(2)21-9-6-10-22(28)15-21)24(31-27-16)20-13-11-19(12-14-20)18-7-4-3-5-8-18/h3-15,17,28H,1-2H3,(H,26,29). The van der Waals surface area contributed by atoms with Gasteiger partial charge in [0.15, 0.2) is 5.76 Å². The molecular weight excluding hydrogens is 392 g/mol. The number of hydrogen-bond acceptors (Lipinski definition) is 5. The van der Waals surface area contributed by atoms with Crippen LogP contribution in [0.5, 0.6) is 5.75 Å². The molecule has 0 bridgehead atoms. The minimum Gasteiger partial charge on any atom is -0.508 e. The van der Waals surface area contributed by atoms with Crippen LogP contribution in [0, 0.1) is 6.92 Å². The Hall–Kier alpha value is -4.06. The zero-order valence-electron chi connectivity index (χ0n) is 17.2. The zero-order valence-corrected chi connectivity index (χ0v) is 17.2. The van der Waals surface area contributed by atoms with Gasteiger partial charge in [0.05, 0.1) is 0 Å². The maximum Gasteiger partial charge on any atom is 0.412 e. The van der Waals surface area contributed by atoms with E-state index in [2.05, 4.69) is 10.5 Å². The SMILES string of the molecule is Cc1noc(-c2ccc(-c3ccccc3)cc2)c1NC(=O)OC(C)c1cccc(O)c1. The van der Waals surface area contributed by atoms with Crippen LogP contribution in [0.1, 0.15) is 24.3 Å². The van der Waals surface area contributed by atoms with Crippen molar-refractivity contribution in [3.63, 3.8) is 0 Å². The summed E-state index contributed by atoms with van der Waals surface area (Å²) in [5.41, 5.74) is 4.68. The molecule has 0 aliphatic carbocycles. The van der Waals surface area contributed by atoms with Crippen molar-refractivity contribution in [3.8, 4) is 28.2 Å². The highest BCUT2D eigenvalue weighted by Crippen LogP contribution is 2.33. The Morgan fingerprint density at radius 3 is 2.35 bits per heavy atom. The second-order valence-corrected chi connectivity index (χ2v) is 7.18. The average molecular weight is 414 g/mol. The van der Waals surface area contributed by atoms with E-state index < -0.39 is 12.2 Å². The molecule has 0 aliphatic rings. The third-order valence-electron chi connectivity index (χ3n) is 4.97. The van der Waals surface area contributed by atoms with Gasteiger partial charge in [0.1, 0.15) is 23.2 Å². The highest BCUT2D eigenvalue weighted by Gasteiger charge is 2.20. The lowest BCUT2D eigenvalue weighted by atomic mass is 10.0. The van der Waals surface area contributed by atoms with Gasteiger partial charge in [0, 0.05) is 5.56 Å². The Balaban J connectivity index is 1.50. The highest BCUT2D eigenvalue weighted by atomic mass is 16.6. The average Bonchev–Trinajstić information content (AvgIpc) is 3.14. The number of amides is 1. The van der Waals surface area contributed by atoms with Crippen LogP contribution in [-0.2, 0) is 4.74 Å². The Kier molecular flexibility index (Phi) is 5.71. The van der Waals surface area contributed by atoms with E-state index in [4.69, 9.17) is 9.26 Å². The molecule has 1 atom stereocenters. The predicted octanol–water partition coefficient (Wildman–Crippen LogP) is 6.33. The Bertz CT molecular complexity index is 1180. The van der Waals surface area contributed by atoms with Crippen LogP contribution in [0.15, 0.2) is 83.4 Å². The molecular formula is C25H22N2O4. The number of ether oxygens (including phenoxy) is 1. The van der Waals surface area contributed by atoms with Gasteiger partial charge in [-0.15, -0.1) is 0 Å². The van der Waals surface area contributed by atoms with Gasteiger partial charge in [0.2, 0.25) is 0 Å². The molecule has 4 rings (SSSR count). The van der Waals surface area contributed by atoms with Gasteiger partial charge in [-0.25, -0.2) is 4.79 Å². The molecule has 0 saturated carbocycles. The monoisotopic (exact) mass is 414 g/mol. The number of carbonyl (C=O) groups is 1. The number of aryl methyl sites for hydroxylation is 1. The fourth-order valence-corrected chi connectivity index (χ4v) is 3.30. The third kappa shape index (κ3) is 4.59. The van der Waals surface area contributed by atoms with Gasteiger partial charge in [-0.05, 0) is 42.7 Å². The van der Waals surface area contributed by atoms with Crippen LogP contribution in [0.25, 0.3) is 22.5 Å². The lowest BCUT2D eigenvalue weighted by molar-refractivity contribution is 0.121. The molecule has 0 radical (unpaired) electrons. The molecule has 0 spiro atoms. The second kappa shape index (κ2) is 8.75. The van der Waals surface area contributed by atoms with Crippen LogP contribution in [-0.4, -0.2) is 16.4 Å². The summed E-state index contributed by atoms with van der Waals surface area (Å²) < 4.78 is 10.9. The lowest BCUT2D eigenvalue weighted by Gasteiger charge is -2.14. The largest absolute Gasteiger partial charge is 0.508 e. The summed E-state index contributed by atoms with van der Waals surface area (Å²) in [5.74, 6) is 0.573. The topological polar surface area (TPSA) is 84.6 Å². The van der Waals surface area contributed by atoms with E-state index >= 15 is 0 Å². The molecule has 1 amide bonds. The van der Waals surface area contributed by atoms with Crippen molar-refractivity contribution < 1.29 is 19.2 Å². The first-order chi connectivity index (χ1) is 15.0. The summed E-state index contributed by atoms with van der Waals surface area (Å²) in [6.07, 6.45) is -1.18. The summed E-state index contributed by atoms with van der Waals surface area (Å²) in [7, 11) is 0. The van der Waals surface area contributed by atoms with E-state index in [1.807, 2.05) is 54.6 Å². The number of nitrogens with zero attached hydrogens (tertiary/aromatic N) is 1. The van der Waals surface area contributed by atoms with Gasteiger partial charge in [-0.3, -0.25) is 5.32 Å². The van der Waals surface area contributed by atoms with Crippen molar-refractivity contribution in [2.24, 2.45) is 0 Å². The minimum atomic E-state index is -0.635. The van der Waals surface area contributed by atoms with Crippen LogP contribution >= 0.6 is 0 Å². The summed E-state index contributed by atoms with van der Waals surface area (Å²) in [5, 5.41) is 16.4. The first kappa shape index (κ1) is 20.2. The summed E-state index contributed by atoms with van der Waals surface area (Å²) in [6.45, 7) is 3.48. The van der Waals surface area contributed by atoms with Crippen molar-refractivity contribution in [1.29, 1.82) is 0 Å². The summed E-state index contributed by atoms with van der Waals surface area (Å²) in [4.78, 5) is 12.5. The summed E-state index contributed by atoms with van der Waals surface area (Å²) in [6, 6.07) is 24.5. The number of aromatic hydroxyl groups is 1. The fourth-order valence-electron chi connectivity index (χ4n) is 3.30. The maximum atomic E-state index is 12.5. The lowest BCUT2D eigenvalue weighted by Crippen LogP contribution is -2.16. The molecule has 6 heteroatoms. The molecule has 1 heterocycles.